The van der Waals surface area contributed by atoms with E-state index in [1.807, 2.05) is 60.7 Å². The maximum atomic E-state index is 13.4. The second-order valence-corrected chi connectivity index (χ2v) is 10.2. The van der Waals surface area contributed by atoms with E-state index in [1.54, 1.807) is 17.0 Å². The molecule has 3 amide bonds. The van der Waals surface area contributed by atoms with Gasteiger partial charge in [0.25, 0.3) is 5.91 Å². The standard InChI is InChI=1S/C25H25N3O4S/c1-26(2)33(31,32)22-15-9-12-20(16-22)18-28-24(29)23(21-13-7-4-8-14-21)27(25(28)30)17-19-10-5-3-6-11-19/h3-16,23H,17-18H2,1-2H3. The molecule has 1 heterocycles. The van der Waals surface area contributed by atoms with Gasteiger partial charge in [-0.1, -0.05) is 72.8 Å². The number of sulfonamides is 1. The predicted molar refractivity (Wildman–Crippen MR) is 124 cm³/mol. The number of carbonyl (C=O) groups excluding carboxylic acids is 2. The monoisotopic (exact) mass is 463 g/mol. The van der Waals surface area contributed by atoms with Crippen LogP contribution in [0.25, 0.3) is 0 Å². The molecule has 1 saturated heterocycles. The Labute approximate surface area is 193 Å². The Bertz CT molecular complexity index is 1260. The number of urea groups is 1. The summed E-state index contributed by atoms with van der Waals surface area (Å²) in [5.74, 6) is -0.331. The molecule has 0 spiro atoms. The van der Waals surface area contributed by atoms with Crippen molar-refractivity contribution in [1.82, 2.24) is 14.1 Å². The predicted octanol–water partition coefficient (Wildman–Crippen LogP) is 3.64. The van der Waals surface area contributed by atoms with Gasteiger partial charge < -0.3 is 4.90 Å². The molecule has 3 aromatic carbocycles. The van der Waals surface area contributed by atoms with Gasteiger partial charge in [0.15, 0.2) is 0 Å². The van der Waals surface area contributed by atoms with Gasteiger partial charge in [0.1, 0.15) is 6.04 Å². The van der Waals surface area contributed by atoms with Gasteiger partial charge in [-0.25, -0.2) is 17.5 Å². The van der Waals surface area contributed by atoms with Gasteiger partial charge in [0.2, 0.25) is 10.0 Å². The van der Waals surface area contributed by atoms with Crippen LogP contribution >= 0.6 is 0 Å². The van der Waals surface area contributed by atoms with Gasteiger partial charge in [-0.15, -0.1) is 0 Å². The summed E-state index contributed by atoms with van der Waals surface area (Å²) in [5, 5.41) is 0. The van der Waals surface area contributed by atoms with Crippen molar-refractivity contribution in [1.29, 1.82) is 0 Å². The maximum absolute atomic E-state index is 13.4. The van der Waals surface area contributed by atoms with Crippen LogP contribution in [0.3, 0.4) is 0 Å². The van der Waals surface area contributed by atoms with Crippen LogP contribution in [0, 0.1) is 0 Å². The number of carbonyl (C=O) groups is 2. The van der Waals surface area contributed by atoms with Crippen molar-refractivity contribution < 1.29 is 18.0 Å². The zero-order valence-corrected chi connectivity index (χ0v) is 19.3. The third kappa shape index (κ3) is 4.53. The lowest BCUT2D eigenvalue weighted by Crippen LogP contribution is -2.32. The highest BCUT2D eigenvalue weighted by molar-refractivity contribution is 7.89. The van der Waals surface area contributed by atoms with E-state index in [9.17, 15) is 18.0 Å². The number of rotatable bonds is 7. The number of hydrogen-bond donors (Lipinski definition) is 0. The van der Waals surface area contributed by atoms with Gasteiger partial charge >= 0.3 is 6.03 Å². The normalized spacial score (nSPS) is 16.6. The van der Waals surface area contributed by atoms with Crippen molar-refractivity contribution >= 4 is 22.0 Å². The molecule has 0 aliphatic carbocycles. The van der Waals surface area contributed by atoms with Crippen molar-refractivity contribution in [3.05, 3.63) is 102 Å². The Hall–Kier alpha value is -3.49. The van der Waals surface area contributed by atoms with E-state index >= 15 is 0 Å². The third-order valence-electron chi connectivity index (χ3n) is 5.62. The van der Waals surface area contributed by atoms with Crippen molar-refractivity contribution in [2.45, 2.75) is 24.0 Å². The maximum Gasteiger partial charge on any atom is 0.328 e. The van der Waals surface area contributed by atoms with Gasteiger partial charge in [-0.3, -0.25) is 9.69 Å². The van der Waals surface area contributed by atoms with E-state index in [-0.39, 0.29) is 23.9 Å². The van der Waals surface area contributed by atoms with Gasteiger partial charge in [0, 0.05) is 20.6 Å². The fourth-order valence-electron chi connectivity index (χ4n) is 3.88. The first-order valence-electron chi connectivity index (χ1n) is 10.5. The lowest BCUT2D eigenvalue weighted by atomic mass is 10.0. The molecule has 0 radical (unpaired) electrons. The number of imide groups is 1. The summed E-state index contributed by atoms with van der Waals surface area (Å²) in [7, 11) is -0.711. The average molecular weight is 464 g/mol. The number of benzene rings is 3. The van der Waals surface area contributed by atoms with Crippen LogP contribution in [0.1, 0.15) is 22.7 Å². The van der Waals surface area contributed by atoms with E-state index in [2.05, 4.69) is 0 Å². The van der Waals surface area contributed by atoms with Crippen molar-refractivity contribution in [2.24, 2.45) is 0 Å². The van der Waals surface area contributed by atoms with Crippen LogP contribution in [0.5, 0.6) is 0 Å². The second-order valence-electron chi connectivity index (χ2n) is 8.07. The average Bonchev–Trinajstić information content (AvgIpc) is 3.04. The Morgan fingerprint density at radius 2 is 1.39 bits per heavy atom. The molecule has 0 N–H and O–H groups in total. The molecule has 33 heavy (non-hydrogen) atoms. The first-order valence-corrected chi connectivity index (χ1v) is 12.0. The molecule has 4 rings (SSSR count). The molecule has 0 saturated carbocycles. The van der Waals surface area contributed by atoms with Crippen molar-refractivity contribution in [3.63, 3.8) is 0 Å². The van der Waals surface area contributed by atoms with E-state index < -0.39 is 22.1 Å². The summed E-state index contributed by atoms with van der Waals surface area (Å²) in [4.78, 5) is 29.7. The molecule has 3 aromatic rings. The van der Waals surface area contributed by atoms with Crippen molar-refractivity contribution in [2.75, 3.05) is 14.1 Å². The second kappa shape index (κ2) is 9.17. The van der Waals surface area contributed by atoms with E-state index in [1.165, 1.54) is 31.1 Å². The largest absolute Gasteiger partial charge is 0.328 e. The smallest absolute Gasteiger partial charge is 0.304 e. The molecule has 1 aliphatic heterocycles. The first-order chi connectivity index (χ1) is 15.8. The first kappa shape index (κ1) is 22.7. The SMILES string of the molecule is CN(C)S(=O)(=O)c1cccc(CN2C(=O)C(c3ccccc3)N(Cc3ccccc3)C2=O)c1. The summed E-state index contributed by atoms with van der Waals surface area (Å²) < 4.78 is 26.2. The zero-order valence-electron chi connectivity index (χ0n) is 18.5. The molecule has 1 atom stereocenters. The summed E-state index contributed by atoms with van der Waals surface area (Å²) >= 11 is 0. The van der Waals surface area contributed by atoms with E-state index in [4.69, 9.17) is 0 Å². The summed E-state index contributed by atoms with van der Waals surface area (Å²) in [6, 6.07) is 23.9. The molecular weight excluding hydrogens is 438 g/mol. The number of nitrogens with zero attached hydrogens (tertiary/aromatic N) is 3. The Balaban J connectivity index is 1.67. The fraction of sp³-hybridized carbons (Fsp3) is 0.200. The Kier molecular flexibility index (Phi) is 6.31. The highest BCUT2D eigenvalue weighted by Gasteiger charge is 2.45. The molecular formula is C25H25N3O4S. The minimum Gasteiger partial charge on any atom is -0.304 e. The van der Waals surface area contributed by atoms with E-state index in [0.717, 1.165) is 15.4 Å². The summed E-state index contributed by atoms with van der Waals surface area (Å²) in [6.07, 6.45) is 0. The third-order valence-corrected chi connectivity index (χ3v) is 7.43. The zero-order chi connectivity index (χ0) is 23.6. The number of amides is 3. The van der Waals surface area contributed by atoms with Crippen LogP contribution in [-0.2, 0) is 27.9 Å². The van der Waals surface area contributed by atoms with Crippen LogP contribution < -0.4 is 0 Å². The fourth-order valence-corrected chi connectivity index (χ4v) is 4.85. The molecule has 0 bridgehead atoms. The van der Waals surface area contributed by atoms with Crippen LogP contribution in [0.15, 0.2) is 89.8 Å². The quantitative estimate of drug-likeness (QED) is 0.501. The lowest BCUT2D eigenvalue weighted by molar-refractivity contribution is -0.128. The highest BCUT2D eigenvalue weighted by Crippen LogP contribution is 2.33. The molecule has 0 aromatic heterocycles. The molecule has 170 valence electrons. The molecule has 1 aliphatic rings. The van der Waals surface area contributed by atoms with Gasteiger partial charge in [-0.2, -0.15) is 0 Å². The van der Waals surface area contributed by atoms with Gasteiger partial charge in [0.05, 0.1) is 11.4 Å². The highest BCUT2D eigenvalue weighted by atomic mass is 32.2. The van der Waals surface area contributed by atoms with E-state index in [0.29, 0.717) is 5.56 Å². The van der Waals surface area contributed by atoms with Gasteiger partial charge in [-0.05, 0) is 28.8 Å². The molecule has 1 fully saturated rings. The molecule has 7 nitrogen and oxygen atoms in total. The van der Waals surface area contributed by atoms with Crippen molar-refractivity contribution in [3.8, 4) is 0 Å². The Morgan fingerprint density at radius 1 is 0.788 bits per heavy atom. The molecule has 8 heteroatoms. The summed E-state index contributed by atoms with van der Waals surface area (Å²) in [5.41, 5.74) is 2.21. The van der Waals surface area contributed by atoms with Crippen LogP contribution in [0.4, 0.5) is 4.79 Å². The topological polar surface area (TPSA) is 78.0 Å². The lowest BCUT2D eigenvalue weighted by Gasteiger charge is -2.22. The molecule has 1 unspecified atom stereocenters. The van der Waals surface area contributed by atoms with Crippen LogP contribution in [-0.4, -0.2) is 48.6 Å². The van der Waals surface area contributed by atoms with Crippen LogP contribution in [0.2, 0.25) is 0 Å². The minimum atomic E-state index is -3.63. The summed E-state index contributed by atoms with van der Waals surface area (Å²) in [6.45, 7) is 0.277. The minimum absolute atomic E-state index is 0.0108. The number of hydrogen-bond acceptors (Lipinski definition) is 4. The Morgan fingerprint density at radius 3 is 2.03 bits per heavy atom.